The standard InChI is InChI=1S/C15H18BrN3O3S/c16-13-4-1-3-12-11(10-18-15(12)13)9-14(20)17-5-7-19-6-2-8-23(19,21)22/h1,3-4,10,18H,2,5-9H2,(H,17,20). The molecule has 0 bridgehead atoms. The Kier molecular flexibility index (Phi) is 4.74. The normalized spacial score (nSPS) is 17.6. The number of H-pyrrole nitrogens is 1. The number of carbonyl (C=O) groups excluding carboxylic acids is 1. The summed E-state index contributed by atoms with van der Waals surface area (Å²) in [6.07, 6.45) is 2.77. The van der Waals surface area contributed by atoms with Crippen molar-refractivity contribution < 1.29 is 13.2 Å². The first kappa shape index (κ1) is 16.5. The SMILES string of the molecule is O=C(Cc1c[nH]c2c(Br)cccc12)NCCN1CCCS1(=O)=O. The first-order valence-corrected chi connectivity index (χ1v) is 9.86. The summed E-state index contributed by atoms with van der Waals surface area (Å²) in [7, 11) is -3.10. The minimum absolute atomic E-state index is 0.109. The van der Waals surface area contributed by atoms with E-state index in [-0.39, 0.29) is 18.1 Å². The van der Waals surface area contributed by atoms with E-state index in [0.29, 0.717) is 26.1 Å². The molecule has 2 heterocycles. The van der Waals surface area contributed by atoms with Crippen LogP contribution in [0, 0.1) is 0 Å². The summed E-state index contributed by atoms with van der Waals surface area (Å²) in [5, 5.41) is 3.81. The summed E-state index contributed by atoms with van der Waals surface area (Å²) < 4.78 is 25.8. The number of para-hydroxylation sites is 1. The zero-order valence-electron chi connectivity index (χ0n) is 12.5. The minimum atomic E-state index is -3.10. The highest BCUT2D eigenvalue weighted by Gasteiger charge is 2.27. The predicted molar refractivity (Wildman–Crippen MR) is 92.7 cm³/mol. The third-order valence-electron chi connectivity index (χ3n) is 3.99. The molecular formula is C15H18BrN3O3S. The number of aromatic nitrogens is 1. The van der Waals surface area contributed by atoms with Crippen LogP contribution in [0.3, 0.4) is 0 Å². The van der Waals surface area contributed by atoms with Gasteiger partial charge in [-0.2, -0.15) is 0 Å². The van der Waals surface area contributed by atoms with Crippen LogP contribution in [-0.4, -0.2) is 49.0 Å². The average molecular weight is 400 g/mol. The molecule has 1 aliphatic rings. The number of benzene rings is 1. The van der Waals surface area contributed by atoms with Gasteiger partial charge in [0, 0.05) is 35.7 Å². The van der Waals surface area contributed by atoms with E-state index in [4.69, 9.17) is 0 Å². The molecule has 124 valence electrons. The monoisotopic (exact) mass is 399 g/mol. The number of sulfonamides is 1. The number of hydrogen-bond donors (Lipinski definition) is 2. The van der Waals surface area contributed by atoms with Crippen LogP contribution in [0.25, 0.3) is 10.9 Å². The van der Waals surface area contributed by atoms with Crippen LogP contribution >= 0.6 is 15.9 Å². The molecular weight excluding hydrogens is 382 g/mol. The fraction of sp³-hybridized carbons (Fsp3) is 0.400. The van der Waals surface area contributed by atoms with Gasteiger partial charge in [-0.05, 0) is 34.0 Å². The Morgan fingerprint density at radius 1 is 1.39 bits per heavy atom. The lowest BCUT2D eigenvalue weighted by atomic mass is 10.1. The molecule has 1 aliphatic heterocycles. The Morgan fingerprint density at radius 3 is 2.96 bits per heavy atom. The number of fused-ring (bicyclic) bond motifs is 1. The maximum Gasteiger partial charge on any atom is 0.224 e. The second-order valence-electron chi connectivity index (χ2n) is 5.57. The van der Waals surface area contributed by atoms with Crippen molar-refractivity contribution >= 4 is 42.8 Å². The highest BCUT2D eigenvalue weighted by Crippen LogP contribution is 2.25. The summed E-state index contributed by atoms with van der Waals surface area (Å²) in [5.41, 5.74) is 1.89. The molecule has 1 aromatic carbocycles. The van der Waals surface area contributed by atoms with Gasteiger partial charge in [0.2, 0.25) is 15.9 Å². The van der Waals surface area contributed by atoms with Gasteiger partial charge in [-0.3, -0.25) is 4.79 Å². The van der Waals surface area contributed by atoms with E-state index in [2.05, 4.69) is 26.2 Å². The largest absolute Gasteiger partial charge is 0.360 e. The van der Waals surface area contributed by atoms with Gasteiger partial charge in [0.1, 0.15) is 0 Å². The van der Waals surface area contributed by atoms with Crippen molar-refractivity contribution in [3.05, 3.63) is 34.4 Å². The van der Waals surface area contributed by atoms with Crippen LogP contribution in [0.1, 0.15) is 12.0 Å². The van der Waals surface area contributed by atoms with Crippen LogP contribution in [0.15, 0.2) is 28.9 Å². The summed E-state index contributed by atoms with van der Waals surface area (Å²) in [5.74, 6) is 0.105. The predicted octanol–water partition coefficient (Wildman–Crippen LogP) is 1.62. The van der Waals surface area contributed by atoms with Crippen LogP contribution in [-0.2, 0) is 21.2 Å². The zero-order valence-corrected chi connectivity index (χ0v) is 14.9. The molecule has 3 rings (SSSR count). The summed E-state index contributed by atoms with van der Waals surface area (Å²) in [4.78, 5) is 15.2. The van der Waals surface area contributed by atoms with Gasteiger partial charge < -0.3 is 10.3 Å². The van der Waals surface area contributed by atoms with Crippen molar-refractivity contribution in [1.29, 1.82) is 0 Å². The molecule has 8 heteroatoms. The number of nitrogens with one attached hydrogen (secondary N) is 2. The smallest absolute Gasteiger partial charge is 0.224 e. The molecule has 0 radical (unpaired) electrons. The zero-order chi connectivity index (χ0) is 16.4. The fourth-order valence-corrected chi connectivity index (χ4v) is 4.83. The summed E-state index contributed by atoms with van der Waals surface area (Å²) in [6.45, 7) is 1.23. The Hall–Kier alpha value is -1.38. The molecule has 1 amide bonds. The minimum Gasteiger partial charge on any atom is -0.360 e. The number of amides is 1. The maximum atomic E-state index is 12.1. The summed E-state index contributed by atoms with van der Waals surface area (Å²) in [6, 6.07) is 5.84. The Balaban J connectivity index is 1.56. The molecule has 0 spiro atoms. The Morgan fingerprint density at radius 2 is 2.22 bits per heavy atom. The van der Waals surface area contributed by atoms with Crippen molar-refractivity contribution in [2.45, 2.75) is 12.8 Å². The van der Waals surface area contributed by atoms with Gasteiger partial charge in [-0.15, -0.1) is 0 Å². The van der Waals surface area contributed by atoms with Crippen LogP contribution < -0.4 is 5.32 Å². The topological polar surface area (TPSA) is 82.3 Å². The number of aromatic amines is 1. The number of nitrogens with zero attached hydrogens (tertiary/aromatic N) is 1. The van der Waals surface area contributed by atoms with Crippen LogP contribution in [0.4, 0.5) is 0 Å². The summed E-state index contributed by atoms with van der Waals surface area (Å²) >= 11 is 3.47. The van der Waals surface area contributed by atoms with Gasteiger partial charge in [-0.1, -0.05) is 12.1 Å². The molecule has 1 fully saturated rings. The Bertz CT molecular complexity index is 832. The van der Waals surface area contributed by atoms with Crippen molar-refractivity contribution in [2.75, 3.05) is 25.4 Å². The molecule has 0 unspecified atom stereocenters. The van der Waals surface area contributed by atoms with Gasteiger partial charge in [0.05, 0.1) is 17.7 Å². The van der Waals surface area contributed by atoms with E-state index in [0.717, 1.165) is 20.9 Å². The van der Waals surface area contributed by atoms with Crippen LogP contribution in [0.5, 0.6) is 0 Å². The molecule has 0 aliphatic carbocycles. The van der Waals surface area contributed by atoms with Gasteiger partial charge in [0.25, 0.3) is 0 Å². The third-order valence-corrected chi connectivity index (χ3v) is 6.61. The number of carbonyl (C=O) groups is 1. The van der Waals surface area contributed by atoms with Crippen molar-refractivity contribution in [2.24, 2.45) is 0 Å². The maximum absolute atomic E-state index is 12.1. The quantitative estimate of drug-likeness (QED) is 0.801. The van der Waals surface area contributed by atoms with E-state index in [1.807, 2.05) is 24.4 Å². The molecule has 1 aromatic heterocycles. The second kappa shape index (κ2) is 6.62. The molecule has 23 heavy (non-hydrogen) atoms. The molecule has 6 nitrogen and oxygen atoms in total. The lowest BCUT2D eigenvalue weighted by Gasteiger charge is -2.14. The first-order chi connectivity index (χ1) is 11.0. The van der Waals surface area contributed by atoms with Crippen molar-refractivity contribution in [3.63, 3.8) is 0 Å². The molecule has 0 atom stereocenters. The third kappa shape index (κ3) is 3.59. The van der Waals surface area contributed by atoms with Gasteiger partial charge in [0.15, 0.2) is 0 Å². The lowest BCUT2D eigenvalue weighted by molar-refractivity contribution is -0.120. The van der Waals surface area contributed by atoms with E-state index in [9.17, 15) is 13.2 Å². The van der Waals surface area contributed by atoms with E-state index in [1.54, 1.807) is 0 Å². The lowest BCUT2D eigenvalue weighted by Crippen LogP contribution is -2.36. The average Bonchev–Trinajstić information content (AvgIpc) is 3.04. The molecule has 2 N–H and O–H groups in total. The molecule has 2 aromatic rings. The fourth-order valence-electron chi connectivity index (χ4n) is 2.82. The van der Waals surface area contributed by atoms with E-state index >= 15 is 0 Å². The highest BCUT2D eigenvalue weighted by molar-refractivity contribution is 9.10. The number of halogens is 1. The van der Waals surface area contributed by atoms with Crippen LogP contribution in [0.2, 0.25) is 0 Å². The van der Waals surface area contributed by atoms with Crippen molar-refractivity contribution in [3.8, 4) is 0 Å². The van der Waals surface area contributed by atoms with Gasteiger partial charge in [-0.25, -0.2) is 12.7 Å². The Labute approximate surface area is 143 Å². The second-order valence-corrected chi connectivity index (χ2v) is 8.51. The van der Waals surface area contributed by atoms with Gasteiger partial charge >= 0.3 is 0 Å². The highest BCUT2D eigenvalue weighted by atomic mass is 79.9. The van der Waals surface area contributed by atoms with E-state index < -0.39 is 10.0 Å². The first-order valence-electron chi connectivity index (χ1n) is 7.46. The number of hydrogen-bond acceptors (Lipinski definition) is 3. The molecule has 1 saturated heterocycles. The molecule has 0 saturated carbocycles. The van der Waals surface area contributed by atoms with E-state index in [1.165, 1.54) is 4.31 Å². The van der Waals surface area contributed by atoms with Crippen molar-refractivity contribution in [1.82, 2.24) is 14.6 Å². The number of rotatable bonds is 5.